The maximum Gasteiger partial charge on any atom is 0.00508 e. The predicted molar refractivity (Wildman–Crippen MR) is 77.7 cm³/mol. The van der Waals surface area contributed by atoms with E-state index < -0.39 is 0 Å². The van der Waals surface area contributed by atoms with Gasteiger partial charge in [0.1, 0.15) is 0 Å². The van der Waals surface area contributed by atoms with E-state index in [1.165, 1.54) is 38.0 Å². The van der Waals surface area contributed by atoms with E-state index in [0.29, 0.717) is 0 Å². The smallest absolute Gasteiger partial charge is 0.00508 e. The van der Waals surface area contributed by atoms with Crippen LogP contribution >= 0.6 is 0 Å². The molecule has 2 heteroatoms. The number of hydrogen-bond acceptors (Lipinski definition) is 2. The Morgan fingerprint density at radius 2 is 2.00 bits per heavy atom. The van der Waals surface area contributed by atoms with E-state index >= 15 is 0 Å². The molecular weight excluding hydrogens is 220 g/mol. The quantitative estimate of drug-likeness (QED) is 0.865. The molecule has 2 N–H and O–H groups in total. The SMILES string of the molecule is CC(C)(CN)CCN1CCC(c2ccccc2)C1. The summed E-state index contributed by atoms with van der Waals surface area (Å²) >= 11 is 0. The van der Waals surface area contributed by atoms with Gasteiger partial charge >= 0.3 is 0 Å². The third-order valence-corrected chi connectivity index (χ3v) is 4.20. The zero-order valence-electron chi connectivity index (χ0n) is 11.7. The van der Waals surface area contributed by atoms with E-state index in [0.717, 1.165) is 12.5 Å². The van der Waals surface area contributed by atoms with Gasteiger partial charge in [0.2, 0.25) is 0 Å². The molecule has 2 rings (SSSR count). The minimum absolute atomic E-state index is 0.283. The summed E-state index contributed by atoms with van der Waals surface area (Å²) in [6, 6.07) is 10.9. The van der Waals surface area contributed by atoms with Crippen LogP contribution in [0.5, 0.6) is 0 Å². The molecule has 0 amide bonds. The van der Waals surface area contributed by atoms with Crippen LogP contribution in [0, 0.1) is 5.41 Å². The van der Waals surface area contributed by atoms with Crippen LogP contribution in [0.3, 0.4) is 0 Å². The molecule has 1 aromatic rings. The largest absolute Gasteiger partial charge is 0.330 e. The fourth-order valence-electron chi connectivity index (χ4n) is 2.60. The van der Waals surface area contributed by atoms with E-state index in [9.17, 15) is 0 Å². The molecule has 1 unspecified atom stereocenters. The molecule has 1 atom stereocenters. The number of hydrogen-bond donors (Lipinski definition) is 1. The summed E-state index contributed by atoms with van der Waals surface area (Å²) in [7, 11) is 0. The lowest BCUT2D eigenvalue weighted by atomic mass is 9.89. The van der Waals surface area contributed by atoms with Gasteiger partial charge in [-0.3, -0.25) is 0 Å². The molecule has 18 heavy (non-hydrogen) atoms. The average molecular weight is 246 g/mol. The summed E-state index contributed by atoms with van der Waals surface area (Å²) in [6.45, 7) is 8.94. The molecule has 1 saturated heterocycles. The van der Waals surface area contributed by atoms with Crippen molar-refractivity contribution in [2.24, 2.45) is 11.1 Å². The summed E-state index contributed by atoms with van der Waals surface area (Å²) in [5.41, 5.74) is 7.57. The van der Waals surface area contributed by atoms with Gasteiger partial charge in [-0.25, -0.2) is 0 Å². The van der Waals surface area contributed by atoms with Crippen LogP contribution in [0.1, 0.15) is 38.2 Å². The molecule has 1 fully saturated rings. The van der Waals surface area contributed by atoms with Crippen molar-refractivity contribution in [3.63, 3.8) is 0 Å². The van der Waals surface area contributed by atoms with E-state index in [1.54, 1.807) is 0 Å². The Morgan fingerprint density at radius 1 is 1.28 bits per heavy atom. The van der Waals surface area contributed by atoms with Crippen LogP contribution in [0.4, 0.5) is 0 Å². The van der Waals surface area contributed by atoms with Crippen LogP contribution < -0.4 is 5.73 Å². The van der Waals surface area contributed by atoms with Crippen LogP contribution in [-0.4, -0.2) is 31.1 Å². The van der Waals surface area contributed by atoms with Gasteiger partial charge in [-0.15, -0.1) is 0 Å². The van der Waals surface area contributed by atoms with Crippen LogP contribution in [-0.2, 0) is 0 Å². The van der Waals surface area contributed by atoms with Crippen molar-refractivity contribution in [2.45, 2.75) is 32.6 Å². The normalized spacial score (nSPS) is 21.4. The fraction of sp³-hybridized carbons (Fsp3) is 0.625. The lowest BCUT2D eigenvalue weighted by molar-refractivity contribution is 0.253. The van der Waals surface area contributed by atoms with Crippen molar-refractivity contribution in [1.82, 2.24) is 4.90 Å². The summed E-state index contributed by atoms with van der Waals surface area (Å²) < 4.78 is 0. The van der Waals surface area contributed by atoms with Crippen molar-refractivity contribution in [3.05, 3.63) is 35.9 Å². The van der Waals surface area contributed by atoms with Gasteiger partial charge in [0.25, 0.3) is 0 Å². The highest BCUT2D eigenvalue weighted by atomic mass is 15.1. The Hall–Kier alpha value is -0.860. The maximum absolute atomic E-state index is 5.79. The summed E-state index contributed by atoms with van der Waals surface area (Å²) in [4.78, 5) is 2.59. The fourth-order valence-corrected chi connectivity index (χ4v) is 2.60. The highest BCUT2D eigenvalue weighted by Gasteiger charge is 2.25. The zero-order chi connectivity index (χ0) is 13.0. The molecule has 0 bridgehead atoms. The standard InChI is InChI=1S/C16H26N2/c1-16(2,13-17)9-11-18-10-8-15(12-18)14-6-4-3-5-7-14/h3-7,15H,8-13,17H2,1-2H3. The third kappa shape index (κ3) is 3.56. The number of benzene rings is 1. The highest BCUT2D eigenvalue weighted by Crippen LogP contribution is 2.28. The van der Waals surface area contributed by atoms with Gasteiger partial charge in [-0.2, -0.15) is 0 Å². The Morgan fingerprint density at radius 3 is 2.67 bits per heavy atom. The van der Waals surface area contributed by atoms with Crippen molar-refractivity contribution < 1.29 is 0 Å². The van der Waals surface area contributed by atoms with Gasteiger partial charge in [-0.1, -0.05) is 44.2 Å². The Bertz CT molecular complexity index is 359. The molecule has 0 saturated carbocycles. The van der Waals surface area contributed by atoms with E-state index in [-0.39, 0.29) is 5.41 Å². The van der Waals surface area contributed by atoms with Crippen LogP contribution in [0.15, 0.2) is 30.3 Å². The number of nitrogens with two attached hydrogens (primary N) is 1. The lowest BCUT2D eigenvalue weighted by Gasteiger charge is -2.25. The number of nitrogens with zero attached hydrogens (tertiary/aromatic N) is 1. The Kier molecular flexibility index (Phi) is 4.41. The second-order valence-electron chi connectivity index (χ2n) is 6.32. The third-order valence-electron chi connectivity index (χ3n) is 4.20. The van der Waals surface area contributed by atoms with Gasteiger partial charge in [0.05, 0.1) is 0 Å². The second kappa shape index (κ2) is 5.85. The summed E-state index contributed by atoms with van der Waals surface area (Å²) in [5.74, 6) is 0.729. The minimum Gasteiger partial charge on any atom is -0.330 e. The van der Waals surface area contributed by atoms with E-state index in [1.807, 2.05) is 0 Å². The number of likely N-dealkylation sites (tertiary alicyclic amines) is 1. The monoisotopic (exact) mass is 246 g/mol. The van der Waals surface area contributed by atoms with Crippen LogP contribution in [0.2, 0.25) is 0 Å². The molecule has 1 heterocycles. The first kappa shape index (κ1) is 13.6. The summed E-state index contributed by atoms with van der Waals surface area (Å²) in [6.07, 6.45) is 2.50. The first-order valence-corrected chi connectivity index (χ1v) is 7.08. The molecule has 100 valence electrons. The van der Waals surface area contributed by atoms with Crippen molar-refractivity contribution in [2.75, 3.05) is 26.2 Å². The molecule has 2 nitrogen and oxygen atoms in total. The zero-order valence-corrected chi connectivity index (χ0v) is 11.7. The lowest BCUT2D eigenvalue weighted by Crippen LogP contribution is -2.30. The van der Waals surface area contributed by atoms with Gasteiger partial charge < -0.3 is 10.6 Å². The molecule has 0 aliphatic carbocycles. The number of rotatable bonds is 5. The highest BCUT2D eigenvalue weighted by molar-refractivity contribution is 5.20. The molecule has 0 aromatic heterocycles. The van der Waals surface area contributed by atoms with Gasteiger partial charge in [-0.05, 0) is 49.4 Å². The molecule has 0 radical (unpaired) electrons. The maximum atomic E-state index is 5.79. The summed E-state index contributed by atoms with van der Waals surface area (Å²) in [5, 5.41) is 0. The topological polar surface area (TPSA) is 29.3 Å². The first-order chi connectivity index (χ1) is 8.61. The molecule has 1 aliphatic heterocycles. The van der Waals surface area contributed by atoms with Crippen molar-refractivity contribution >= 4 is 0 Å². The predicted octanol–water partition coefficient (Wildman–Crippen LogP) is 2.85. The molecule has 1 aromatic carbocycles. The first-order valence-electron chi connectivity index (χ1n) is 7.08. The Labute approximate surface area is 111 Å². The van der Waals surface area contributed by atoms with Crippen molar-refractivity contribution in [1.29, 1.82) is 0 Å². The van der Waals surface area contributed by atoms with E-state index in [2.05, 4.69) is 49.1 Å². The van der Waals surface area contributed by atoms with Crippen LogP contribution in [0.25, 0.3) is 0 Å². The Balaban J connectivity index is 1.82. The second-order valence-corrected chi connectivity index (χ2v) is 6.32. The molecule has 1 aliphatic rings. The van der Waals surface area contributed by atoms with E-state index in [4.69, 9.17) is 5.73 Å². The van der Waals surface area contributed by atoms with Gasteiger partial charge in [0, 0.05) is 6.54 Å². The van der Waals surface area contributed by atoms with Gasteiger partial charge in [0.15, 0.2) is 0 Å². The minimum atomic E-state index is 0.283. The van der Waals surface area contributed by atoms with Crippen molar-refractivity contribution in [3.8, 4) is 0 Å². The molecule has 0 spiro atoms. The average Bonchev–Trinajstić information content (AvgIpc) is 2.86. The molecular formula is C16H26N2.